The van der Waals surface area contributed by atoms with E-state index in [0.717, 1.165) is 50.8 Å². The third kappa shape index (κ3) is 6.74. The molecule has 0 fully saturated rings. The van der Waals surface area contributed by atoms with Crippen LogP contribution >= 0.6 is 12.4 Å². The minimum Gasteiger partial charge on any atom is -0.493 e. The van der Waals surface area contributed by atoms with Gasteiger partial charge in [0.25, 0.3) is 5.91 Å². The third-order valence-corrected chi connectivity index (χ3v) is 5.51. The summed E-state index contributed by atoms with van der Waals surface area (Å²) in [6.07, 6.45) is 6.14. The molecule has 3 rings (SSSR count). The SMILES string of the molecule is COc1ccc(C(=O)NCCCCCN[C@H]2CCCc3[nH]c(=O)ccc32)cc1OC.Cl. The standard InChI is InChI=1S/C23H31N3O4.ClH/c1-29-20-11-9-16(15-21(20)30-2)23(28)25-14-5-3-4-13-24-18-7-6-8-19-17(18)10-12-22(27)26-19;/h9-12,15,18,24H,3-8,13-14H2,1-2H3,(H,25,28)(H,26,27);1H/t18-;/m0./s1. The van der Waals surface area contributed by atoms with Gasteiger partial charge in [-0.05, 0) is 62.4 Å². The van der Waals surface area contributed by atoms with Crippen LogP contribution in [0.2, 0.25) is 0 Å². The Morgan fingerprint density at radius 2 is 1.84 bits per heavy atom. The average Bonchev–Trinajstić information content (AvgIpc) is 2.77. The van der Waals surface area contributed by atoms with E-state index in [2.05, 4.69) is 15.6 Å². The molecule has 8 heteroatoms. The molecule has 0 saturated carbocycles. The lowest BCUT2D eigenvalue weighted by Gasteiger charge is -2.26. The van der Waals surface area contributed by atoms with Crippen molar-refractivity contribution in [2.45, 2.75) is 44.6 Å². The Balaban J connectivity index is 0.00000341. The molecule has 0 aliphatic heterocycles. The Bertz CT molecular complexity index is 916. The molecule has 0 spiro atoms. The van der Waals surface area contributed by atoms with Crippen LogP contribution in [0.15, 0.2) is 35.1 Å². The molecule has 3 N–H and O–H groups in total. The fourth-order valence-corrected chi connectivity index (χ4v) is 3.90. The summed E-state index contributed by atoms with van der Waals surface area (Å²) in [7, 11) is 3.12. The molecule has 1 aromatic carbocycles. The van der Waals surface area contributed by atoms with Gasteiger partial charge in [0.1, 0.15) is 0 Å². The predicted octanol–water partition coefficient (Wildman–Crippen LogP) is 3.38. The Morgan fingerprint density at radius 1 is 1.06 bits per heavy atom. The molecule has 170 valence electrons. The highest BCUT2D eigenvalue weighted by atomic mass is 35.5. The Morgan fingerprint density at radius 3 is 2.61 bits per heavy atom. The van der Waals surface area contributed by atoms with Crippen molar-refractivity contribution in [3.8, 4) is 11.5 Å². The molecule has 1 aromatic heterocycles. The van der Waals surface area contributed by atoms with E-state index in [0.29, 0.717) is 29.6 Å². The molecule has 31 heavy (non-hydrogen) atoms. The summed E-state index contributed by atoms with van der Waals surface area (Å²) in [6, 6.07) is 9.03. The van der Waals surface area contributed by atoms with Gasteiger partial charge in [0.2, 0.25) is 5.56 Å². The van der Waals surface area contributed by atoms with Gasteiger partial charge in [-0.3, -0.25) is 9.59 Å². The first-order valence-corrected chi connectivity index (χ1v) is 10.6. The number of hydrogen-bond acceptors (Lipinski definition) is 5. The van der Waals surface area contributed by atoms with E-state index >= 15 is 0 Å². The van der Waals surface area contributed by atoms with E-state index in [1.54, 1.807) is 38.5 Å². The number of nitrogens with one attached hydrogen (secondary N) is 3. The van der Waals surface area contributed by atoms with Crippen molar-refractivity contribution in [1.29, 1.82) is 0 Å². The lowest BCUT2D eigenvalue weighted by molar-refractivity contribution is 0.0952. The number of benzene rings is 1. The number of H-pyrrole nitrogens is 1. The zero-order valence-electron chi connectivity index (χ0n) is 18.2. The number of methoxy groups -OCH3 is 2. The Hall–Kier alpha value is -2.51. The summed E-state index contributed by atoms with van der Waals surface area (Å²) in [4.78, 5) is 26.8. The third-order valence-electron chi connectivity index (χ3n) is 5.51. The number of aromatic nitrogens is 1. The molecule has 2 aromatic rings. The molecular formula is C23H32ClN3O4. The van der Waals surface area contributed by atoms with Gasteiger partial charge in [-0.25, -0.2) is 0 Å². The number of aromatic amines is 1. The topological polar surface area (TPSA) is 92.5 Å². The second-order valence-electron chi connectivity index (χ2n) is 7.54. The van der Waals surface area contributed by atoms with Gasteiger partial charge in [0.15, 0.2) is 11.5 Å². The number of fused-ring (bicyclic) bond motifs is 1. The first kappa shape index (κ1) is 24.8. The van der Waals surface area contributed by atoms with Crippen molar-refractivity contribution >= 4 is 18.3 Å². The molecule has 7 nitrogen and oxygen atoms in total. The number of pyridine rings is 1. The summed E-state index contributed by atoms with van der Waals surface area (Å²) in [5.74, 6) is 1.04. The van der Waals surface area contributed by atoms with Crippen molar-refractivity contribution in [1.82, 2.24) is 15.6 Å². The minimum absolute atomic E-state index is 0. The maximum atomic E-state index is 12.3. The van der Waals surface area contributed by atoms with E-state index in [1.807, 2.05) is 6.07 Å². The largest absolute Gasteiger partial charge is 0.493 e. The van der Waals surface area contributed by atoms with Gasteiger partial charge < -0.3 is 25.1 Å². The van der Waals surface area contributed by atoms with E-state index in [4.69, 9.17) is 9.47 Å². The number of amides is 1. The van der Waals surface area contributed by atoms with Crippen LogP contribution in [-0.4, -0.2) is 38.2 Å². The number of carbonyl (C=O) groups is 1. The van der Waals surface area contributed by atoms with E-state index in [1.165, 1.54) is 5.56 Å². The van der Waals surface area contributed by atoms with Crippen LogP contribution in [-0.2, 0) is 6.42 Å². The zero-order valence-corrected chi connectivity index (χ0v) is 19.0. The predicted molar refractivity (Wildman–Crippen MR) is 124 cm³/mol. The number of carbonyl (C=O) groups excluding carboxylic acids is 1. The summed E-state index contributed by atoms with van der Waals surface area (Å²) in [5, 5.41) is 6.57. The van der Waals surface area contributed by atoms with Crippen molar-refractivity contribution in [3.05, 3.63) is 57.5 Å². The van der Waals surface area contributed by atoms with Crippen molar-refractivity contribution in [2.75, 3.05) is 27.3 Å². The number of ether oxygens (including phenoxy) is 2. The van der Waals surface area contributed by atoms with Gasteiger partial charge in [-0.2, -0.15) is 0 Å². The number of rotatable bonds is 10. The molecule has 0 unspecified atom stereocenters. The molecule has 0 radical (unpaired) electrons. The van der Waals surface area contributed by atoms with Crippen LogP contribution in [0.5, 0.6) is 11.5 Å². The minimum atomic E-state index is -0.109. The van der Waals surface area contributed by atoms with Crippen molar-refractivity contribution in [3.63, 3.8) is 0 Å². The molecule has 1 aliphatic carbocycles. The second-order valence-corrected chi connectivity index (χ2v) is 7.54. The number of unbranched alkanes of at least 4 members (excludes halogenated alkanes) is 2. The quantitative estimate of drug-likeness (QED) is 0.483. The highest BCUT2D eigenvalue weighted by molar-refractivity contribution is 5.94. The fourth-order valence-electron chi connectivity index (χ4n) is 3.90. The average molecular weight is 450 g/mol. The molecule has 0 saturated heterocycles. The van der Waals surface area contributed by atoms with Gasteiger partial charge >= 0.3 is 0 Å². The summed E-state index contributed by atoms with van der Waals surface area (Å²) in [6.45, 7) is 1.56. The number of halogens is 1. The first-order valence-electron chi connectivity index (χ1n) is 10.6. The van der Waals surface area contributed by atoms with E-state index < -0.39 is 0 Å². The summed E-state index contributed by atoms with van der Waals surface area (Å²) >= 11 is 0. The molecule has 1 amide bonds. The van der Waals surface area contributed by atoms with Crippen LogP contribution in [0.25, 0.3) is 0 Å². The molecule has 1 atom stereocenters. The number of hydrogen-bond donors (Lipinski definition) is 3. The lowest BCUT2D eigenvalue weighted by atomic mass is 9.91. The van der Waals surface area contributed by atoms with Gasteiger partial charge in [-0.1, -0.05) is 12.5 Å². The first-order chi connectivity index (χ1) is 14.6. The number of aryl methyl sites for hydroxylation is 1. The highest BCUT2D eigenvalue weighted by Crippen LogP contribution is 2.28. The van der Waals surface area contributed by atoms with Gasteiger partial charge in [-0.15, -0.1) is 12.4 Å². The highest BCUT2D eigenvalue weighted by Gasteiger charge is 2.19. The van der Waals surface area contributed by atoms with E-state index in [9.17, 15) is 9.59 Å². The van der Waals surface area contributed by atoms with Crippen molar-refractivity contribution in [2.24, 2.45) is 0 Å². The van der Waals surface area contributed by atoms with Crippen LogP contribution < -0.4 is 25.7 Å². The maximum absolute atomic E-state index is 12.3. The lowest BCUT2D eigenvalue weighted by Crippen LogP contribution is -2.28. The van der Waals surface area contributed by atoms with Gasteiger partial charge in [0.05, 0.1) is 14.2 Å². The molecular weight excluding hydrogens is 418 g/mol. The van der Waals surface area contributed by atoms with E-state index in [-0.39, 0.29) is 23.9 Å². The zero-order chi connectivity index (χ0) is 21.3. The summed E-state index contributed by atoms with van der Waals surface area (Å²) in [5.41, 5.74) is 2.83. The smallest absolute Gasteiger partial charge is 0.251 e. The maximum Gasteiger partial charge on any atom is 0.251 e. The second kappa shape index (κ2) is 12.4. The molecule has 0 bridgehead atoms. The van der Waals surface area contributed by atoms with Gasteiger partial charge in [0, 0.05) is 29.9 Å². The van der Waals surface area contributed by atoms with Crippen LogP contribution in [0, 0.1) is 0 Å². The van der Waals surface area contributed by atoms with Crippen LogP contribution in [0.4, 0.5) is 0 Å². The Labute approximate surface area is 189 Å². The van der Waals surface area contributed by atoms with Crippen molar-refractivity contribution < 1.29 is 14.3 Å². The molecule has 1 heterocycles. The Kier molecular flexibility index (Phi) is 9.88. The van der Waals surface area contributed by atoms with Crippen LogP contribution in [0.3, 0.4) is 0 Å². The fraction of sp³-hybridized carbons (Fsp3) is 0.478. The molecule has 1 aliphatic rings. The summed E-state index contributed by atoms with van der Waals surface area (Å²) < 4.78 is 10.4. The van der Waals surface area contributed by atoms with Crippen LogP contribution in [0.1, 0.15) is 59.8 Å². The monoisotopic (exact) mass is 449 g/mol. The normalized spacial score (nSPS) is 14.8.